The van der Waals surface area contributed by atoms with Crippen LogP contribution in [-0.4, -0.2) is 21.7 Å². The van der Waals surface area contributed by atoms with Crippen LogP contribution in [0.2, 0.25) is 0 Å². The fraction of sp³-hybridized carbons (Fsp3) is 0.333. The van der Waals surface area contributed by atoms with Gasteiger partial charge in [-0.3, -0.25) is 0 Å². The molecule has 1 N–H and O–H groups in total. The van der Waals surface area contributed by atoms with Crippen LogP contribution in [-0.2, 0) is 0 Å². The van der Waals surface area contributed by atoms with Crippen molar-refractivity contribution in [2.24, 2.45) is 5.11 Å². The van der Waals surface area contributed by atoms with Gasteiger partial charge in [-0.25, -0.2) is 9.97 Å². The molecule has 1 aromatic rings. The van der Waals surface area contributed by atoms with E-state index >= 15 is 0 Å². The fourth-order valence-electron chi connectivity index (χ4n) is 0.726. The Morgan fingerprint density at radius 2 is 2.23 bits per heavy atom. The van der Waals surface area contributed by atoms with Gasteiger partial charge in [-0.1, -0.05) is 5.11 Å². The highest BCUT2D eigenvalue weighted by Gasteiger charge is 2.10. The number of hydrogen-bond acceptors (Lipinski definition) is 4. The lowest BCUT2D eigenvalue weighted by Crippen LogP contribution is -2.04. The van der Waals surface area contributed by atoms with E-state index in [0.29, 0.717) is 5.82 Å². The number of aliphatic hydroxyl groups excluding tert-OH is 1. The molecule has 1 heterocycles. The predicted molar refractivity (Wildman–Crippen MR) is 48.7 cm³/mol. The van der Waals surface area contributed by atoms with Crippen molar-refractivity contribution in [2.45, 2.75) is 6.04 Å². The molecule has 0 aliphatic heterocycles. The third-order valence-electron chi connectivity index (χ3n) is 1.30. The summed E-state index contributed by atoms with van der Waals surface area (Å²) in [6, 6.07) is -0.710. The van der Waals surface area contributed by atoms with Crippen LogP contribution in [0.15, 0.2) is 22.0 Å². The molecule has 0 saturated carbocycles. The average Bonchev–Trinajstić information content (AvgIpc) is 2.16. The van der Waals surface area contributed by atoms with Crippen LogP contribution in [0.25, 0.3) is 10.4 Å². The van der Waals surface area contributed by atoms with Gasteiger partial charge in [-0.15, -0.1) is 0 Å². The van der Waals surface area contributed by atoms with Crippen LogP contribution in [0.5, 0.6) is 0 Å². The smallest absolute Gasteiger partial charge is 0.139 e. The molecule has 13 heavy (non-hydrogen) atoms. The van der Waals surface area contributed by atoms with E-state index in [2.05, 4.69) is 35.9 Å². The normalized spacial score (nSPS) is 11.8. The molecule has 6 nitrogen and oxygen atoms in total. The molecule has 1 atom stereocenters. The highest BCUT2D eigenvalue weighted by atomic mass is 79.9. The standard InChI is InChI=1S/C6H6BrN5O/c7-4-1-9-6(10-2-4)5(3-13)11-12-8/h1-2,5,13H,3H2. The summed E-state index contributed by atoms with van der Waals surface area (Å²) >= 11 is 3.16. The summed E-state index contributed by atoms with van der Waals surface area (Å²) in [4.78, 5) is 10.3. The molecule has 0 radical (unpaired) electrons. The van der Waals surface area contributed by atoms with E-state index in [1.807, 2.05) is 0 Å². The summed E-state index contributed by atoms with van der Waals surface area (Å²) in [5.74, 6) is 0.309. The largest absolute Gasteiger partial charge is 0.395 e. The Kier molecular flexibility index (Phi) is 3.63. The molecular formula is C6H6BrN5O. The first-order valence-electron chi connectivity index (χ1n) is 3.40. The number of halogens is 1. The minimum atomic E-state index is -0.710. The average molecular weight is 244 g/mol. The maximum absolute atomic E-state index is 8.82. The van der Waals surface area contributed by atoms with Gasteiger partial charge in [-0.05, 0) is 21.5 Å². The number of rotatable bonds is 3. The van der Waals surface area contributed by atoms with Crippen LogP contribution in [0.4, 0.5) is 0 Å². The third kappa shape index (κ3) is 2.66. The van der Waals surface area contributed by atoms with Crippen molar-refractivity contribution in [1.29, 1.82) is 0 Å². The molecule has 68 valence electrons. The Bertz CT molecular complexity index is 320. The van der Waals surface area contributed by atoms with Gasteiger partial charge < -0.3 is 5.11 Å². The van der Waals surface area contributed by atoms with E-state index in [9.17, 15) is 0 Å². The second-order valence-corrected chi connectivity index (χ2v) is 3.08. The van der Waals surface area contributed by atoms with Crippen molar-refractivity contribution in [2.75, 3.05) is 6.61 Å². The summed E-state index contributed by atoms with van der Waals surface area (Å²) < 4.78 is 0.730. The summed E-state index contributed by atoms with van der Waals surface area (Å²) in [7, 11) is 0. The number of aliphatic hydroxyl groups is 1. The third-order valence-corrected chi connectivity index (χ3v) is 1.71. The van der Waals surface area contributed by atoms with Crippen molar-refractivity contribution in [3.05, 3.63) is 33.1 Å². The number of hydrogen-bond donors (Lipinski definition) is 1. The van der Waals surface area contributed by atoms with Crippen molar-refractivity contribution in [3.8, 4) is 0 Å². The molecule has 0 saturated heterocycles. The number of aromatic nitrogens is 2. The summed E-state index contributed by atoms with van der Waals surface area (Å²) in [5, 5.41) is 12.2. The van der Waals surface area contributed by atoms with Gasteiger partial charge in [-0.2, -0.15) is 0 Å². The maximum Gasteiger partial charge on any atom is 0.139 e. The van der Waals surface area contributed by atoms with Crippen LogP contribution in [0.1, 0.15) is 11.9 Å². The van der Waals surface area contributed by atoms with E-state index in [0.717, 1.165) is 4.47 Å². The Morgan fingerprint density at radius 1 is 1.62 bits per heavy atom. The van der Waals surface area contributed by atoms with Gasteiger partial charge in [0.05, 0.1) is 11.1 Å². The van der Waals surface area contributed by atoms with Gasteiger partial charge in [0.15, 0.2) is 0 Å². The molecule has 1 rings (SSSR count). The molecular weight excluding hydrogens is 238 g/mol. The molecule has 0 aliphatic carbocycles. The topological polar surface area (TPSA) is 94.8 Å². The second-order valence-electron chi connectivity index (χ2n) is 2.16. The minimum Gasteiger partial charge on any atom is -0.395 e. The number of nitrogens with zero attached hydrogens (tertiary/aromatic N) is 5. The zero-order chi connectivity index (χ0) is 9.68. The quantitative estimate of drug-likeness (QED) is 0.496. The van der Waals surface area contributed by atoms with Crippen molar-refractivity contribution in [3.63, 3.8) is 0 Å². The second kappa shape index (κ2) is 4.76. The fourth-order valence-corrected chi connectivity index (χ4v) is 0.931. The van der Waals surface area contributed by atoms with Gasteiger partial charge in [0, 0.05) is 17.3 Å². The molecule has 0 spiro atoms. The van der Waals surface area contributed by atoms with E-state index < -0.39 is 6.04 Å². The van der Waals surface area contributed by atoms with Crippen LogP contribution in [0, 0.1) is 0 Å². The molecule has 0 bridgehead atoms. The Hall–Kier alpha value is -1.17. The van der Waals surface area contributed by atoms with E-state index in [1.54, 1.807) is 0 Å². The zero-order valence-corrected chi connectivity index (χ0v) is 8.09. The van der Waals surface area contributed by atoms with Gasteiger partial charge in [0.25, 0.3) is 0 Å². The molecule has 0 aromatic carbocycles. The Labute approximate surface area is 82.4 Å². The molecule has 0 fully saturated rings. The zero-order valence-electron chi connectivity index (χ0n) is 6.50. The van der Waals surface area contributed by atoms with E-state index in [1.165, 1.54) is 12.4 Å². The minimum absolute atomic E-state index is 0.300. The summed E-state index contributed by atoms with van der Waals surface area (Å²) in [5.41, 5.74) is 8.17. The first-order chi connectivity index (χ1) is 6.27. The van der Waals surface area contributed by atoms with E-state index in [-0.39, 0.29) is 6.61 Å². The maximum atomic E-state index is 8.82. The molecule has 0 aliphatic rings. The van der Waals surface area contributed by atoms with Crippen molar-refractivity contribution < 1.29 is 5.11 Å². The van der Waals surface area contributed by atoms with Crippen LogP contribution >= 0.6 is 15.9 Å². The van der Waals surface area contributed by atoms with E-state index in [4.69, 9.17) is 10.6 Å². The first-order valence-corrected chi connectivity index (χ1v) is 4.19. The Balaban J connectivity index is 2.91. The van der Waals surface area contributed by atoms with Crippen molar-refractivity contribution >= 4 is 15.9 Å². The number of azide groups is 1. The summed E-state index contributed by atoms with van der Waals surface area (Å²) in [6.07, 6.45) is 3.05. The SMILES string of the molecule is [N-]=[N+]=NC(CO)c1ncc(Br)cn1. The van der Waals surface area contributed by atoms with Crippen molar-refractivity contribution in [1.82, 2.24) is 9.97 Å². The van der Waals surface area contributed by atoms with Gasteiger partial charge in [0.2, 0.25) is 0 Å². The van der Waals surface area contributed by atoms with Gasteiger partial charge in [0.1, 0.15) is 11.9 Å². The lowest BCUT2D eigenvalue weighted by Gasteiger charge is -2.04. The lowest BCUT2D eigenvalue weighted by atomic mass is 10.3. The highest BCUT2D eigenvalue weighted by Crippen LogP contribution is 2.13. The molecule has 7 heteroatoms. The summed E-state index contributed by atoms with van der Waals surface area (Å²) in [6.45, 7) is -0.300. The molecule has 1 unspecified atom stereocenters. The van der Waals surface area contributed by atoms with Crippen LogP contribution < -0.4 is 0 Å². The van der Waals surface area contributed by atoms with Crippen LogP contribution in [0.3, 0.4) is 0 Å². The Morgan fingerprint density at radius 3 is 2.69 bits per heavy atom. The molecule has 1 aromatic heterocycles. The van der Waals surface area contributed by atoms with Gasteiger partial charge >= 0.3 is 0 Å². The first kappa shape index (κ1) is 9.91. The monoisotopic (exact) mass is 243 g/mol. The molecule has 0 amide bonds. The highest BCUT2D eigenvalue weighted by molar-refractivity contribution is 9.10. The lowest BCUT2D eigenvalue weighted by molar-refractivity contribution is 0.263. The predicted octanol–water partition coefficient (Wildman–Crippen LogP) is 1.58.